The lowest BCUT2D eigenvalue weighted by Gasteiger charge is -2.35. The van der Waals surface area contributed by atoms with Gasteiger partial charge in [0.05, 0.1) is 5.25 Å². The van der Waals surface area contributed by atoms with Crippen molar-refractivity contribution in [1.82, 2.24) is 10.2 Å². The minimum absolute atomic E-state index is 0.336. The first kappa shape index (κ1) is 19.3. The van der Waals surface area contributed by atoms with Crippen LogP contribution in [-0.4, -0.2) is 51.7 Å². The highest BCUT2D eigenvalue weighted by molar-refractivity contribution is 7.81. The number of amides is 2. The molecule has 1 aromatic carbocycles. The molecule has 25 heavy (non-hydrogen) atoms. The molecule has 1 aliphatic rings. The Balaban J connectivity index is 1.93. The number of piperidine rings is 1. The van der Waals surface area contributed by atoms with E-state index in [0.29, 0.717) is 19.4 Å². The van der Waals surface area contributed by atoms with E-state index in [1.807, 2.05) is 30.3 Å². The second-order valence-corrected chi connectivity index (χ2v) is 6.94. The maximum Gasteiger partial charge on any atom is 0.326 e. The number of carboxylic acid groups (broad SMARTS) is 1. The molecule has 6 nitrogen and oxygen atoms in total. The van der Waals surface area contributed by atoms with Crippen LogP contribution in [0.5, 0.6) is 0 Å². The molecule has 0 bridgehead atoms. The molecule has 136 valence electrons. The standard InChI is InChI=1S/C18H24N2O4S/c1-12(17(22)20-10-6-5-9-14(20)18(23)24)19-16(21)15(25)11-13-7-3-2-4-8-13/h2-4,7-8,12,14-15,25H,5-6,9-11H2,1H3,(H,19,21)(H,23,24)/t12-,14?,15-/m0/s1. The van der Waals surface area contributed by atoms with Crippen LogP contribution in [-0.2, 0) is 20.8 Å². The highest BCUT2D eigenvalue weighted by atomic mass is 32.1. The number of nitrogens with one attached hydrogen (secondary N) is 1. The number of carboxylic acids is 1. The number of benzene rings is 1. The number of rotatable bonds is 6. The zero-order valence-corrected chi connectivity index (χ0v) is 15.1. The van der Waals surface area contributed by atoms with Crippen molar-refractivity contribution < 1.29 is 19.5 Å². The average Bonchev–Trinajstić information content (AvgIpc) is 2.61. The fourth-order valence-electron chi connectivity index (χ4n) is 3.00. The Labute approximate surface area is 153 Å². The molecule has 0 aliphatic carbocycles. The van der Waals surface area contributed by atoms with Crippen molar-refractivity contribution in [3.63, 3.8) is 0 Å². The van der Waals surface area contributed by atoms with E-state index in [0.717, 1.165) is 18.4 Å². The molecule has 2 N–H and O–H groups in total. The van der Waals surface area contributed by atoms with Gasteiger partial charge in [0, 0.05) is 6.54 Å². The van der Waals surface area contributed by atoms with E-state index in [1.165, 1.54) is 4.90 Å². The zero-order chi connectivity index (χ0) is 18.4. The predicted octanol–water partition coefficient (Wildman–Crippen LogP) is 1.50. The molecular formula is C18H24N2O4S. The summed E-state index contributed by atoms with van der Waals surface area (Å²) < 4.78 is 0. The average molecular weight is 364 g/mol. The Kier molecular flexibility index (Phi) is 6.87. The molecule has 0 radical (unpaired) electrons. The topological polar surface area (TPSA) is 86.7 Å². The summed E-state index contributed by atoms with van der Waals surface area (Å²) in [7, 11) is 0. The molecule has 7 heteroatoms. The fraction of sp³-hybridized carbons (Fsp3) is 0.500. The lowest BCUT2D eigenvalue weighted by molar-refractivity contribution is -0.153. The van der Waals surface area contributed by atoms with Crippen molar-refractivity contribution in [2.45, 2.75) is 49.9 Å². The summed E-state index contributed by atoms with van der Waals surface area (Å²) in [4.78, 5) is 37.5. The monoisotopic (exact) mass is 364 g/mol. The minimum Gasteiger partial charge on any atom is -0.480 e. The van der Waals surface area contributed by atoms with Crippen molar-refractivity contribution in [3.05, 3.63) is 35.9 Å². The molecule has 0 aromatic heterocycles. The molecule has 1 aliphatic heterocycles. The summed E-state index contributed by atoms with van der Waals surface area (Å²) in [6.45, 7) is 1.99. The number of nitrogens with zero attached hydrogens (tertiary/aromatic N) is 1. The number of thiol groups is 1. The van der Waals surface area contributed by atoms with Gasteiger partial charge in [-0.25, -0.2) is 4.79 Å². The second-order valence-electron chi connectivity index (χ2n) is 6.32. The Hall–Kier alpha value is -2.02. The van der Waals surface area contributed by atoms with Gasteiger partial charge in [0.2, 0.25) is 11.8 Å². The number of likely N-dealkylation sites (tertiary alicyclic amines) is 1. The van der Waals surface area contributed by atoms with Crippen molar-refractivity contribution >= 4 is 30.4 Å². The van der Waals surface area contributed by atoms with Crippen molar-refractivity contribution in [2.75, 3.05) is 6.54 Å². The number of hydrogen-bond donors (Lipinski definition) is 3. The summed E-state index contributed by atoms with van der Waals surface area (Å²) in [6, 6.07) is 7.92. The van der Waals surface area contributed by atoms with Crippen LogP contribution in [0.3, 0.4) is 0 Å². The summed E-state index contributed by atoms with van der Waals surface area (Å²) >= 11 is 4.33. The van der Waals surface area contributed by atoms with Crippen LogP contribution in [0.2, 0.25) is 0 Å². The molecule has 0 spiro atoms. The molecule has 1 fully saturated rings. The molecule has 2 rings (SSSR count). The highest BCUT2D eigenvalue weighted by Gasteiger charge is 2.34. The molecule has 1 heterocycles. The van der Waals surface area contributed by atoms with Crippen molar-refractivity contribution in [3.8, 4) is 0 Å². The number of carbonyl (C=O) groups is 3. The van der Waals surface area contributed by atoms with Crippen LogP contribution in [0.4, 0.5) is 0 Å². The van der Waals surface area contributed by atoms with E-state index < -0.39 is 23.3 Å². The van der Waals surface area contributed by atoms with Crippen LogP contribution in [0, 0.1) is 0 Å². The summed E-state index contributed by atoms with van der Waals surface area (Å²) in [6.07, 6.45) is 2.47. The maximum absolute atomic E-state index is 12.6. The third-order valence-corrected chi connectivity index (χ3v) is 4.79. The smallest absolute Gasteiger partial charge is 0.326 e. The Morgan fingerprint density at radius 1 is 1.28 bits per heavy atom. The lowest BCUT2D eigenvalue weighted by atomic mass is 10.0. The summed E-state index contributed by atoms with van der Waals surface area (Å²) in [5.74, 6) is -1.69. The quantitative estimate of drug-likeness (QED) is 0.668. The third-order valence-electron chi connectivity index (χ3n) is 4.37. The van der Waals surface area contributed by atoms with Gasteiger partial charge in [-0.3, -0.25) is 9.59 Å². The summed E-state index contributed by atoms with van der Waals surface area (Å²) in [5, 5.41) is 11.4. The largest absolute Gasteiger partial charge is 0.480 e. The van der Waals surface area contributed by atoms with Gasteiger partial charge in [-0.1, -0.05) is 30.3 Å². The first-order valence-corrected chi connectivity index (χ1v) is 8.97. The van der Waals surface area contributed by atoms with Gasteiger partial charge in [-0.05, 0) is 38.2 Å². The van der Waals surface area contributed by atoms with E-state index in [4.69, 9.17) is 0 Å². The van der Waals surface area contributed by atoms with E-state index in [-0.39, 0.29) is 11.8 Å². The Bertz CT molecular complexity index is 623. The van der Waals surface area contributed by atoms with E-state index >= 15 is 0 Å². The number of aliphatic carboxylic acids is 1. The van der Waals surface area contributed by atoms with Gasteiger partial charge >= 0.3 is 5.97 Å². The Morgan fingerprint density at radius 3 is 2.60 bits per heavy atom. The molecule has 1 unspecified atom stereocenters. The van der Waals surface area contributed by atoms with Crippen molar-refractivity contribution in [1.29, 1.82) is 0 Å². The van der Waals surface area contributed by atoms with Crippen molar-refractivity contribution in [2.24, 2.45) is 0 Å². The van der Waals surface area contributed by atoms with Gasteiger partial charge < -0.3 is 15.3 Å². The van der Waals surface area contributed by atoms with Gasteiger partial charge in [0.1, 0.15) is 12.1 Å². The van der Waals surface area contributed by atoms with Crippen LogP contribution >= 0.6 is 12.6 Å². The lowest BCUT2D eigenvalue weighted by Crippen LogP contribution is -2.55. The van der Waals surface area contributed by atoms with Crippen LogP contribution < -0.4 is 5.32 Å². The maximum atomic E-state index is 12.6. The highest BCUT2D eigenvalue weighted by Crippen LogP contribution is 2.18. The second kappa shape index (κ2) is 8.89. The summed E-state index contributed by atoms with van der Waals surface area (Å²) in [5.41, 5.74) is 0.985. The predicted molar refractivity (Wildman–Crippen MR) is 97.5 cm³/mol. The molecule has 3 atom stereocenters. The third kappa shape index (κ3) is 5.22. The van der Waals surface area contributed by atoms with Crippen LogP contribution in [0.25, 0.3) is 0 Å². The number of carbonyl (C=O) groups excluding carboxylic acids is 2. The molecule has 0 saturated carbocycles. The van der Waals surface area contributed by atoms with Gasteiger partial charge in [-0.2, -0.15) is 12.6 Å². The van der Waals surface area contributed by atoms with Gasteiger partial charge in [0.25, 0.3) is 0 Å². The molecule has 2 amide bonds. The normalized spacial score (nSPS) is 19.8. The van der Waals surface area contributed by atoms with E-state index in [9.17, 15) is 19.5 Å². The number of hydrogen-bond acceptors (Lipinski definition) is 4. The SMILES string of the molecule is C[C@H](NC(=O)[C@@H](S)Cc1ccccc1)C(=O)N1CCCCC1C(=O)O. The van der Waals surface area contributed by atoms with E-state index in [2.05, 4.69) is 17.9 Å². The molecule has 1 aromatic rings. The first-order chi connectivity index (χ1) is 11.9. The Morgan fingerprint density at radius 2 is 1.96 bits per heavy atom. The minimum atomic E-state index is -0.997. The van der Waals surface area contributed by atoms with E-state index in [1.54, 1.807) is 6.92 Å². The van der Waals surface area contributed by atoms with Gasteiger partial charge in [0.15, 0.2) is 0 Å². The molecular weight excluding hydrogens is 340 g/mol. The van der Waals surface area contributed by atoms with Crippen LogP contribution in [0.1, 0.15) is 31.7 Å². The van der Waals surface area contributed by atoms with Crippen LogP contribution in [0.15, 0.2) is 30.3 Å². The zero-order valence-electron chi connectivity index (χ0n) is 14.2. The fourth-order valence-corrected chi connectivity index (χ4v) is 3.29. The first-order valence-electron chi connectivity index (χ1n) is 8.45. The molecule has 1 saturated heterocycles. The van der Waals surface area contributed by atoms with Gasteiger partial charge in [-0.15, -0.1) is 0 Å².